The second kappa shape index (κ2) is 6.73. The molecule has 0 atom stereocenters. The summed E-state index contributed by atoms with van der Waals surface area (Å²) in [6.45, 7) is 0.338. The maximum atomic E-state index is 12.0. The van der Waals surface area contributed by atoms with Gasteiger partial charge in [-0.05, 0) is 24.1 Å². The highest BCUT2D eigenvalue weighted by Crippen LogP contribution is 2.15. The van der Waals surface area contributed by atoms with Crippen LogP contribution < -0.4 is 5.32 Å². The van der Waals surface area contributed by atoms with Crippen LogP contribution in [0, 0.1) is 10.1 Å². The number of hydrogen-bond donors (Lipinski definition) is 2. The molecule has 0 radical (unpaired) electrons. The molecule has 0 bridgehead atoms. The van der Waals surface area contributed by atoms with Gasteiger partial charge in [-0.2, -0.15) is 0 Å². The Hall–Kier alpha value is -3.16. The second-order valence-corrected chi connectivity index (χ2v) is 4.96. The molecule has 0 fully saturated rings. The predicted molar refractivity (Wildman–Crippen MR) is 81.5 cm³/mol. The first kappa shape index (κ1) is 16.2. The SMILES string of the molecule is Cn1cc([N+](=O)[O-])cc1C(=O)NCCc1ccc(C(=O)O)cc1. The molecule has 1 amide bonds. The monoisotopic (exact) mass is 317 g/mol. The number of carbonyl (C=O) groups is 2. The lowest BCUT2D eigenvalue weighted by Gasteiger charge is -2.06. The zero-order valence-corrected chi connectivity index (χ0v) is 12.4. The molecule has 2 rings (SSSR count). The first-order valence-electron chi connectivity index (χ1n) is 6.79. The zero-order chi connectivity index (χ0) is 17.0. The fraction of sp³-hybridized carbons (Fsp3) is 0.200. The molecule has 0 spiro atoms. The molecule has 0 aliphatic rings. The van der Waals surface area contributed by atoms with Crippen molar-refractivity contribution in [3.63, 3.8) is 0 Å². The number of amides is 1. The van der Waals surface area contributed by atoms with E-state index in [1.807, 2.05) is 0 Å². The van der Waals surface area contributed by atoms with E-state index in [1.165, 1.54) is 29.0 Å². The largest absolute Gasteiger partial charge is 0.478 e. The van der Waals surface area contributed by atoms with Crippen LogP contribution in [0.1, 0.15) is 26.4 Å². The topological polar surface area (TPSA) is 114 Å². The lowest BCUT2D eigenvalue weighted by molar-refractivity contribution is -0.384. The normalized spacial score (nSPS) is 10.3. The Balaban J connectivity index is 1.92. The van der Waals surface area contributed by atoms with Gasteiger partial charge in [-0.25, -0.2) is 4.79 Å². The Labute approximate surface area is 131 Å². The standard InChI is InChI=1S/C15H15N3O5/c1-17-9-12(18(22)23)8-13(17)14(19)16-7-6-10-2-4-11(5-3-10)15(20)21/h2-5,8-9H,6-7H2,1H3,(H,16,19)(H,20,21). The van der Waals surface area contributed by atoms with Crippen LogP contribution >= 0.6 is 0 Å². The van der Waals surface area contributed by atoms with Crippen molar-refractivity contribution >= 4 is 17.6 Å². The minimum atomic E-state index is -0.991. The Morgan fingerprint density at radius 2 is 1.96 bits per heavy atom. The minimum absolute atomic E-state index is 0.137. The first-order valence-corrected chi connectivity index (χ1v) is 6.79. The van der Waals surface area contributed by atoms with Crippen molar-refractivity contribution in [2.24, 2.45) is 7.05 Å². The third-order valence-electron chi connectivity index (χ3n) is 3.33. The van der Waals surface area contributed by atoms with Crippen molar-refractivity contribution in [2.45, 2.75) is 6.42 Å². The molecule has 2 aromatic rings. The summed E-state index contributed by atoms with van der Waals surface area (Å²) in [4.78, 5) is 32.9. The number of carboxylic acids is 1. The predicted octanol–water partition coefficient (Wildman–Crippen LogP) is 1.60. The maximum absolute atomic E-state index is 12.0. The molecule has 23 heavy (non-hydrogen) atoms. The number of nitrogens with zero attached hydrogens (tertiary/aromatic N) is 2. The molecule has 0 saturated heterocycles. The zero-order valence-electron chi connectivity index (χ0n) is 12.4. The Bertz CT molecular complexity index is 749. The van der Waals surface area contributed by atoms with Gasteiger partial charge in [-0.1, -0.05) is 12.1 Å². The summed E-state index contributed by atoms with van der Waals surface area (Å²) in [7, 11) is 1.56. The van der Waals surface area contributed by atoms with E-state index in [9.17, 15) is 19.7 Å². The summed E-state index contributed by atoms with van der Waals surface area (Å²) >= 11 is 0. The molecular formula is C15H15N3O5. The van der Waals surface area contributed by atoms with Crippen LogP contribution in [0.25, 0.3) is 0 Å². The smallest absolute Gasteiger partial charge is 0.335 e. The molecule has 1 aromatic heterocycles. The number of benzene rings is 1. The molecule has 8 heteroatoms. The van der Waals surface area contributed by atoms with E-state index >= 15 is 0 Å². The summed E-state index contributed by atoms with van der Waals surface area (Å²) in [6.07, 6.45) is 1.80. The second-order valence-electron chi connectivity index (χ2n) is 4.96. The van der Waals surface area contributed by atoms with E-state index in [4.69, 9.17) is 5.11 Å². The van der Waals surface area contributed by atoms with Gasteiger partial charge < -0.3 is 15.0 Å². The lowest BCUT2D eigenvalue weighted by Crippen LogP contribution is -2.27. The van der Waals surface area contributed by atoms with Gasteiger partial charge in [0.15, 0.2) is 0 Å². The van der Waals surface area contributed by atoms with Gasteiger partial charge in [0.1, 0.15) is 5.69 Å². The fourth-order valence-corrected chi connectivity index (χ4v) is 2.10. The van der Waals surface area contributed by atoms with Crippen molar-refractivity contribution < 1.29 is 19.6 Å². The van der Waals surface area contributed by atoms with E-state index in [1.54, 1.807) is 19.2 Å². The van der Waals surface area contributed by atoms with Gasteiger partial charge in [-0.3, -0.25) is 14.9 Å². The number of hydrogen-bond acceptors (Lipinski definition) is 4. The third kappa shape index (κ3) is 3.94. The average molecular weight is 317 g/mol. The summed E-state index contributed by atoms with van der Waals surface area (Å²) in [5.41, 5.74) is 1.15. The Morgan fingerprint density at radius 3 is 2.48 bits per heavy atom. The Kier molecular flexibility index (Phi) is 4.75. The highest BCUT2D eigenvalue weighted by molar-refractivity contribution is 5.93. The van der Waals surface area contributed by atoms with Crippen molar-refractivity contribution in [3.05, 3.63) is 63.5 Å². The number of nitro groups is 1. The van der Waals surface area contributed by atoms with Gasteiger partial charge >= 0.3 is 5.97 Å². The molecule has 1 heterocycles. The number of aryl methyl sites for hydroxylation is 1. The van der Waals surface area contributed by atoms with Crippen molar-refractivity contribution in [2.75, 3.05) is 6.54 Å². The van der Waals surface area contributed by atoms with Crippen LogP contribution in [0.4, 0.5) is 5.69 Å². The molecule has 120 valence electrons. The van der Waals surface area contributed by atoms with Crippen LogP contribution in [0.5, 0.6) is 0 Å². The molecule has 1 aromatic carbocycles. The summed E-state index contributed by atoms with van der Waals surface area (Å²) < 4.78 is 1.40. The third-order valence-corrected chi connectivity index (χ3v) is 3.33. The maximum Gasteiger partial charge on any atom is 0.335 e. The summed E-state index contributed by atoms with van der Waals surface area (Å²) in [5.74, 6) is -1.39. The molecule has 0 aliphatic carbocycles. The molecule has 0 aliphatic heterocycles. The van der Waals surface area contributed by atoms with Crippen LogP contribution in [0.2, 0.25) is 0 Å². The number of rotatable bonds is 6. The van der Waals surface area contributed by atoms with Gasteiger partial charge in [0, 0.05) is 19.7 Å². The van der Waals surface area contributed by atoms with Crippen molar-refractivity contribution in [3.8, 4) is 0 Å². The van der Waals surface area contributed by atoms with E-state index in [2.05, 4.69) is 5.32 Å². The average Bonchev–Trinajstić information content (AvgIpc) is 2.90. The van der Waals surface area contributed by atoms with Gasteiger partial charge in [0.2, 0.25) is 0 Å². The van der Waals surface area contributed by atoms with Gasteiger partial charge in [0.05, 0.1) is 16.7 Å². The van der Waals surface area contributed by atoms with Crippen LogP contribution in [-0.2, 0) is 13.5 Å². The highest BCUT2D eigenvalue weighted by Gasteiger charge is 2.17. The van der Waals surface area contributed by atoms with E-state index < -0.39 is 16.8 Å². The van der Waals surface area contributed by atoms with Crippen molar-refractivity contribution in [1.82, 2.24) is 9.88 Å². The lowest BCUT2D eigenvalue weighted by atomic mass is 10.1. The minimum Gasteiger partial charge on any atom is -0.478 e. The quantitative estimate of drug-likeness (QED) is 0.620. The first-order chi connectivity index (χ1) is 10.9. The van der Waals surface area contributed by atoms with Crippen LogP contribution in [-0.4, -0.2) is 33.0 Å². The van der Waals surface area contributed by atoms with E-state index in [0.29, 0.717) is 13.0 Å². The number of aromatic nitrogens is 1. The molecular weight excluding hydrogens is 302 g/mol. The molecule has 2 N–H and O–H groups in total. The van der Waals surface area contributed by atoms with E-state index in [0.717, 1.165) is 5.56 Å². The highest BCUT2D eigenvalue weighted by atomic mass is 16.6. The van der Waals surface area contributed by atoms with E-state index in [-0.39, 0.29) is 16.9 Å². The summed E-state index contributed by atoms with van der Waals surface area (Å²) in [5, 5.41) is 22.2. The number of nitrogens with one attached hydrogen (secondary N) is 1. The number of carboxylic acid groups (broad SMARTS) is 1. The Morgan fingerprint density at radius 1 is 1.30 bits per heavy atom. The van der Waals surface area contributed by atoms with Gasteiger partial charge in [-0.15, -0.1) is 0 Å². The van der Waals surface area contributed by atoms with Crippen LogP contribution in [0.3, 0.4) is 0 Å². The molecule has 0 unspecified atom stereocenters. The summed E-state index contributed by atoms with van der Waals surface area (Å²) in [6, 6.07) is 7.59. The fourth-order valence-electron chi connectivity index (χ4n) is 2.10. The van der Waals surface area contributed by atoms with Gasteiger partial charge in [0.25, 0.3) is 11.6 Å². The van der Waals surface area contributed by atoms with Crippen LogP contribution in [0.15, 0.2) is 36.5 Å². The number of carbonyl (C=O) groups excluding carboxylic acids is 1. The molecule has 0 saturated carbocycles. The molecule has 8 nitrogen and oxygen atoms in total. The number of aromatic carboxylic acids is 1. The van der Waals surface area contributed by atoms with Crippen molar-refractivity contribution in [1.29, 1.82) is 0 Å².